The number of aromatic nitrogens is 1. The lowest BCUT2D eigenvalue weighted by Crippen LogP contribution is -2.26. The van der Waals surface area contributed by atoms with E-state index in [1.54, 1.807) is 6.07 Å². The van der Waals surface area contributed by atoms with Gasteiger partial charge in [0.25, 0.3) is 0 Å². The fourth-order valence-electron chi connectivity index (χ4n) is 2.80. The average molecular weight is 387 g/mol. The molecule has 2 aliphatic rings. The second-order valence-corrected chi connectivity index (χ2v) is 5.79. The zero-order valence-electron chi connectivity index (χ0n) is 13.1. The van der Waals surface area contributed by atoms with E-state index >= 15 is 0 Å². The van der Waals surface area contributed by atoms with Crippen LogP contribution < -0.4 is 15.0 Å². The summed E-state index contributed by atoms with van der Waals surface area (Å²) in [5, 5.41) is 10.5. The molecular weight excluding hydrogens is 372 g/mol. The van der Waals surface area contributed by atoms with Crippen molar-refractivity contribution in [1.29, 1.82) is 0 Å². The molecule has 2 fully saturated rings. The molecule has 2 atom stereocenters. The van der Waals surface area contributed by atoms with E-state index in [0.29, 0.717) is 17.7 Å². The predicted octanol–water partition coefficient (Wildman–Crippen LogP) is 2.27. The molecule has 1 aromatic rings. The number of alkyl halides is 6. The highest BCUT2D eigenvalue weighted by Gasteiger charge is 2.38. The summed E-state index contributed by atoms with van der Waals surface area (Å²) in [6.07, 6.45) is -8.63. The van der Waals surface area contributed by atoms with Crippen LogP contribution in [0.1, 0.15) is 0 Å². The molecule has 0 unspecified atom stereocenters. The van der Waals surface area contributed by atoms with Crippen LogP contribution in [0.3, 0.4) is 0 Å². The van der Waals surface area contributed by atoms with Gasteiger partial charge >= 0.3 is 18.5 Å². The minimum atomic E-state index is -5.08. The smallest absolute Gasteiger partial charge is 0.475 e. The molecule has 2 aliphatic heterocycles. The number of carboxylic acid groups (broad SMARTS) is 1. The Morgan fingerprint density at radius 1 is 1.15 bits per heavy atom. The molecule has 0 spiro atoms. The maximum absolute atomic E-state index is 12.0. The Kier molecular flexibility index (Phi) is 5.84. The van der Waals surface area contributed by atoms with Crippen LogP contribution in [0.2, 0.25) is 0 Å². The van der Waals surface area contributed by atoms with Gasteiger partial charge in [-0.05, 0) is 24.0 Å². The Balaban J connectivity index is 0.000000298. The van der Waals surface area contributed by atoms with Gasteiger partial charge in [0.15, 0.2) is 0 Å². The van der Waals surface area contributed by atoms with Crippen molar-refractivity contribution in [2.45, 2.75) is 12.5 Å². The molecule has 1 aromatic heterocycles. The van der Waals surface area contributed by atoms with Crippen LogP contribution >= 0.6 is 0 Å². The number of carbonyl (C=O) groups is 1. The first-order valence-corrected chi connectivity index (χ1v) is 7.43. The number of ether oxygens (including phenoxy) is 1. The quantitative estimate of drug-likeness (QED) is 0.759. The Bertz CT molecular complexity index is 608. The van der Waals surface area contributed by atoms with Crippen LogP contribution in [0.5, 0.6) is 5.75 Å². The molecule has 0 amide bonds. The van der Waals surface area contributed by atoms with Gasteiger partial charge in [-0.15, -0.1) is 13.2 Å². The molecule has 6 nitrogen and oxygen atoms in total. The molecule has 3 rings (SSSR count). The predicted molar refractivity (Wildman–Crippen MR) is 76.7 cm³/mol. The lowest BCUT2D eigenvalue weighted by atomic mass is 10.0. The lowest BCUT2D eigenvalue weighted by molar-refractivity contribution is -0.274. The van der Waals surface area contributed by atoms with Gasteiger partial charge in [0.1, 0.15) is 11.6 Å². The number of aliphatic carboxylic acids is 1. The average Bonchev–Trinajstić information content (AvgIpc) is 3.07. The summed E-state index contributed by atoms with van der Waals surface area (Å²) in [4.78, 5) is 15.1. The number of carboxylic acids is 1. The molecule has 0 bridgehead atoms. The number of fused-ring (bicyclic) bond motifs is 1. The molecular formula is C14H15F6N3O3. The van der Waals surface area contributed by atoms with Crippen LogP contribution in [0, 0.1) is 11.8 Å². The van der Waals surface area contributed by atoms with Crippen LogP contribution in [0.25, 0.3) is 0 Å². The normalized spacial score (nSPS) is 22.5. The highest BCUT2D eigenvalue weighted by atomic mass is 19.4. The van der Waals surface area contributed by atoms with Crippen molar-refractivity contribution >= 4 is 11.8 Å². The Morgan fingerprint density at radius 3 is 2.08 bits per heavy atom. The molecule has 0 aromatic carbocycles. The van der Waals surface area contributed by atoms with Gasteiger partial charge in [-0.1, -0.05) is 0 Å². The first-order valence-electron chi connectivity index (χ1n) is 7.43. The van der Waals surface area contributed by atoms with Gasteiger partial charge in [-0.25, -0.2) is 9.78 Å². The van der Waals surface area contributed by atoms with E-state index in [4.69, 9.17) is 9.90 Å². The monoisotopic (exact) mass is 387 g/mol. The number of halogens is 6. The molecule has 2 N–H and O–H groups in total. The number of pyridine rings is 1. The fourth-order valence-corrected chi connectivity index (χ4v) is 2.80. The van der Waals surface area contributed by atoms with Crippen molar-refractivity contribution in [2.75, 3.05) is 31.1 Å². The van der Waals surface area contributed by atoms with Crippen LogP contribution in [-0.2, 0) is 4.79 Å². The second kappa shape index (κ2) is 7.56. The Labute approximate surface area is 143 Å². The summed E-state index contributed by atoms with van der Waals surface area (Å²) in [5.41, 5.74) is 0. The molecule has 3 heterocycles. The topological polar surface area (TPSA) is 74.7 Å². The van der Waals surface area contributed by atoms with E-state index < -0.39 is 18.5 Å². The van der Waals surface area contributed by atoms with E-state index in [0.717, 1.165) is 32.4 Å². The summed E-state index contributed by atoms with van der Waals surface area (Å²) >= 11 is 0. The third-order valence-corrected chi connectivity index (χ3v) is 3.91. The number of hydrogen-bond donors (Lipinski definition) is 2. The van der Waals surface area contributed by atoms with E-state index in [-0.39, 0.29) is 5.75 Å². The van der Waals surface area contributed by atoms with Crippen LogP contribution in [0.15, 0.2) is 18.3 Å². The summed E-state index contributed by atoms with van der Waals surface area (Å²) in [5.74, 6) is -1.09. The molecule has 2 saturated heterocycles. The van der Waals surface area contributed by atoms with Crippen molar-refractivity contribution in [3.05, 3.63) is 18.3 Å². The largest absolute Gasteiger partial charge is 0.573 e. The maximum atomic E-state index is 12.0. The van der Waals surface area contributed by atoms with Crippen molar-refractivity contribution in [1.82, 2.24) is 10.3 Å². The SMILES string of the molecule is FC(F)(F)Oc1ccc(N2C[C@@H]3CNC[C@H]3C2)nc1.O=C(O)C(F)(F)F. The summed E-state index contributed by atoms with van der Waals surface area (Å²) in [6.45, 7) is 3.83. The van der Waals surface area contributed by atoms with Gasteiger partial charge in [0, 0.05) is 26.2 Å². The zero-order chi connectivity index (χ0) is 19.5. The Hall–Kier alpha value is -2.24. The van der Waals surface area contributed by atoms with Gasteiger partial charge in [-0.2, -0.15) is 13.2 Å². The van der Waals surface area contributed by atoms with Crippen molar-refractivity contribution in [3.8, 4) is 5.75 Å². The first kappa shape index (κ1) is 20.1. The number of nitrogens with one attached hydrogen (secondary N) is 1. The molecule has 26 heavy (non-hydrogen) atoms. The van der Waals surface area contributed by atoms with Gasteiger partial charge in [0.2, 0.25) is 0 Å². The van der Waals surface area contributed by atoms with Crippen molar-refractivity contribution in [2.24, 2.45) is 11.8 Å². The number of rotatable bonds is 2. The zero-order valence-corrected chi connectivity index (χ0v) is 13.1. The highest BCUT2D eigenvalue weighted by Crippen LogP contribution is 2.30. The minimum Gasteiger partial charge on any atom is -0.475 e. The van der Waals surface area contributed by atoms with Gasteiger partial charge < -0.3 is 20.1 Å². The molecule has 146 valence electrons. The second-order valence-electron chi connectivity index (χ2n) is 5.79. The number of anilines is 1. The van der Waals surface area contributed by atoms with Gasteiger partial charge in [0.05, 0.1) is 6.20 Å². The van der Waals surface area contributed by atoms with Gasteiger partial charge in [-0.3, -0.25) is 0 Å². The van der Waals surface area contributed by atoms with Crippen LogP contribution in [-0.4, -0.2) is 54.8 Å². The standard InChI is InChI=1S/C12H14F3N3O.C2HF3O2/c13-12(14,15)19-10-1-2-11(17-5-10)18-6-8-3-16-4-9(8)7-18;3-2(4,5)1(6)7/h1-2,5,8-9,16H,3-4,6-7H2;(H,6,7)/t8-,9-;/m0./s1. The summed E-state index contributed by atoms with van der Waals surface area (Å²) < 4.78 is 71.6. The molecule has 12 heteroatoms. The number of nitrogens with zero attached hydrogens (tertiary/aromatic N) is 2. The molecule has 0 aliphatic carbocycles. The Morgan fingerprint density at radius 2 is 1.69 bits per heavy atom. The van der Waals surface area contributed by atoms with Crippen molar-refractivity contribution < 1.29 is 41.0 Å². The van der Waals surface area contributed by atoms with E-state index in [1.165, 1.54) is 6.07 Å². The summed E-state index contributed by atoms with van der Waals surface area (Å²) in [7, 11) is 0. The fraction of sp³-hybridized carbons (Fsp3) is 0.571. The van der Waals surface area contributed by atoms with E-state index in [1.807, 2.05) is 0 Å². The minimum absolute atomic E-state index is 0.280. The number of hydrogen-bond acceptors (Lipinski definition) is 5. The van der Waals surface area contributed by atoms with Crippen LogP contribution in [0.4, 0.5) is 32.2 Å². The van der Waals surface area contributed by atoms with E-state index in [9.17, 15) is 26.3 Å². The molecule has 0 saturated carbocycles. The molecule has 0 radical (unpaired) electrons. The maximum Gasteiger partial charge on any atom is 0.573 e. The highest BCUT2D eigenvalue weighted by molar-refractivity contribution is 5.73. The third kappa shape index (κ3) is 5.64. The lowest BCUT2D eigenvalue weighted by Gasteiger charge is -2.18. The third-order valence-electron chi connectivity index (χ3n) is 3.91. The first-order chi connectivity index (χ1) is 12.0. The van der Waals surface area contributed by atoms with Crippen molar-refractivity contribution in [3.63, 3.8) is 0 Å². The van der Waals surface area contributed by atoms with E-state index in [2.05, 4.69) is 19.9 Å². The summed E-state index contributed by atoms with van der Waals surface area (Å²) in [6, 6.07) is 2.89.